The number of benzene rings is 2. The van der Waals surface area contributed by atoms with Gasteiger partial charge in [-0.3, -0.25) is 4.79 Å². The second-order valence-electron chi connectivity index (χ2n) is 6.78. The number of sulfonamides is 1. The molecule has 0 bridgehead atoms. The average Bonchev–Trinajstić information content (AvgIpc) is 3.17. The lowest BCUT2D eigenvalue weighted by Gasteiger charge is -2.15. The first kappa shape index (κ1) is 21.5. The van der Waals surface area contributed by atoms with Crippen molar-refractivity contribution in [1.29, 1.82) is 0 Å². The summed E-state index contributed by atoms with van der Waals surface area (Å²) in [4.78, 5) is 13.5. The van der Waals surface area contributed by atoms with Crippen LogP contribution in [0, 0.1) is 12.7 Å². The van der Waals surface area contributed by atoms with Crippen LogP contribution in [0.2, 0.25) is 0 Å². The standard InChI is InChI=1S/C19H21FN6O3S/c1-13-10-14(8-9-16(13)20)19-22-24-26(23-19)12-18(27)21-11-15-6-4-5-7-17(15)30(28,29)25(2)3/h4-10H,11-12H2,1-3H3,(H,21,27). The number of carbonyl (C=O) groups excluding carboxylic acids is 1. The summed E-state index contributed by atoms with van der Waals surface area (Å²) >= 11 is 0. The Morgan fingerprint density at radius 1 is 1.20 bits per heavy atom. The van der Waals surface area contributed by atoms with Gasteiger partial charge in [-0.15, -0.1) is 10.2 Å². The molecule has 11 heteroatoms. The zero-order valence-electron chi connectivity index (χ0n) is 16.7. The van der Waals surface area contributed by atoms with E-state index in [1.54, 1.807) is 31.2 Å². The Morgan fingerprint density at radius 3 is 2.63 bits per heavy atom. The summed E-state index contributed by atoms with van der Waals surface area (Å²) in [6.45, 7) is 1.46. The molecule has 0 radical (unpaired) electrons. The van der Waals surface area contributed by atoms with Crippen LogP contribution in [0.1, 0.15) is 11.1 Å². The van der Waals surface area contributed by atoms with Gasteiger partial charge in [0.2, 0.25) is 21.8 Å². The molecule has 158 valence electrons. The molecule has 0 unspecified atom stereocenters. The second kappa shape index (κ2) is 8.67. The van der Waals surface area contributed by atoms with Crippen molar-refractivity contribution in [2.75, 3.05) is 14.1 Å². The molecule has 30 heavy (non-hydrogen) atoms. The highest BCUT2D eigenvalue weighted by Crippen LogP contribution is 2.19. The lowest BCUT2D eigenvalue weighted by Crippen LogP contribution is -2.29. The fourth-order valence-electron chi connectivity index (χ4n) is 2.69. The van der Waals surface area contributed by atoms with E-state index in [0.717, 1.165) is 9.10 Å². The van der Waals surface area contributed by atoms with Gasteiger partial charge < -0.3 is 5.32 Å². The Morgan fingerprint density at radius 2 is 1.93 bits per heavy atom. The number of aromatic nitrogens is 4. The minimum Gasteiger partial charge on any atom is -0.350 e. The van der Waals surface area contributed by atoms with E-state index < -0.39 is 15.9 Å². The van der Waals surface area contributed by atoms with Gasteiger partial charge in [-0.2, -0.15) is 4.80 Å². The van der Waals surface area contributed by atoms with Crippen molar-refractivity contribution in [3.05, 3.63) is 59.4 Å². The molecule has 0 saturated carbocycles. The molecule has 2 aromatic carbocycles. The normalized spacial score (nSPS) is 11.6. The Kier molecular flexibility index (Phi) is 6.22. The molecule has 0 atom stereocenters. The zero-order valence-corrected chi connectivity index (χ0v) is 17.5. The lowest BCUT2D eigenvalue weighted by molar-refractivity contribution is -0.122. The number of tetrazole rings is 1. The van der Waals surface area contributed by atoms with E-state index in [-0.39, 0.29) is 29.6 Å². The summed E-state index contributed by atoms with van der Waals surface area (Å²) in [5.74, 6) is -0.471. The van der Waals surface area contributed by atoms with Gasteiger partial charge in [-0.25, -0.2) is 17.1 Å². The molecule has 3 aromatic rings. The predicted molar refractivity (Wildman–Crippen MR) is 107 cm³/mol. The molecule has 0 aliphatic carbocycles. The summed E-state index contributed by atoms with van der Waals surface area (Å²) in [6.07, 6.45) is 0. The minimum atomic E-state index is -3.63. The summed E-state index contributed by atoms with van der Waals surface area (Å²) in [5, 5.41) is 14.5. The number of aryl methyl sites for hydroxylation is 1. The van der Waals surface area contributed by atoms with Crippen molar-refractivity contribution < 1.29 is 17.6 Å². The lowest BCUT2D eigenvalue weighted by atomic mass is 10.1. The van der Waals surface area contributed by atoms with Gasteiger partial charge in [0, 0.05) is 26.2 Å². The number of hydrogen-bond donors (Lipinski definition) is 1. The first-order chi connectivity index (χ1) is 14.2. The SMILES string of the molecule is Cc1cc(-c2nnn(CC(=O)NCc3ccccc3S(=O)(=O)N(C)C)n2)ccc1F. The van der Waals surface area contributed by atoms with Crippen LogP contribution in [0.4, 0.5) is 4.39 Å². The largest absolute Gasteiger partial charge is 0.350 e. The maximum absolute atomic E-state index is 13.4. The third-order valence-electron chi connectivity index (χ3n) is 4.36. The van der Waals surface area contributed by atoms with E-state index in [0.29, 0.717) is 16.7 Å². The number of hydrogen-bond acceptors (Lipinski definition) is 6. The smallest absolute Gasteiger partial charge is 0.243 e. The van der Waals surface area contributed by atoms with Crippen molar-refractivity contribution in [3.8, 4) is 11.4 Å². The fraction of sp³-hybridized carbons (Fsp3) is 0.263. The van der Waals surface area contributed by atoms with Gasteiger partial charge in [0.05, 0.1) is 4.90 Å². The summed E-state index contributed by atoms with van der Waals surface area (Å²) in [6, 6.07) is 10.9. The minimum absolute atomic E-state index is 0.0286. The molecule has 0 spiro atoms. The van der Waals surface area contributed by atoms with E-state index in [1.807, 2.05) is 0 Å². The van der Waals surface area contributed by atoms with Crippen molar-refractivity contribution in [1.82, 2.24) is 29.8 Å². The number of halogens is 1. The Hall–Kier alpha value is -3.18. The number of amides is 1. The molecule has 1 heterocycles. The van der Waals surface area contributed by atoms with Crippen LogP contribution in [0.5, 0.6) is 0 Å². The van der Waals surface area contributed by atoms with Crippen molar-refractivity contribution in [2.45, 2.75) is 24.9 Å². The monoisotopic (exact) mass is 432 g/mol. The molecule has 9 nitrogen and oxygen atoms in total. The Bertz CT molecular complexity index is 1180. The molecule has 1 amide bonds. The fourth-order valence-corrected chi connectivity index (χ4v) is 3.80. The van der Waals surface area contributed by atoms with Crippen LogP contribution in [-0.4, -0.2) is 52.9 Å². The third-order valence-corrected chi connectivity index (χ3v) is 6.28. The van der Waals surface area contributed by atoms with Gasteiger partial charge >= 0.3 is 0 Å². The highest BCUT2D eigenvalue weighted by atomic mass is 32.2. The topological polar surface area (TPSA) is 110 Å². The van der Waals surface area contributed by atoms with E-state index >= 15 is 0 Å². The molecular weight excluding hydrogens is 411 g/mol. The average molecular weight is 432 g/mol. The first-order valence-electron chi connectivity index (χ1n) is 9.00. The molecule has 0 fully saturated rings. The number of rotatable bonds is 7. The van der Waals surface area contributed by atoms with Gasteiger partial charge in [0.15, 0.2) is 0 Å². The van der Waals surface area contributed by atoms with Gasteiger partial charge in [-0.05, 0) is 47.5 Å². The Labute approximate surface area is 173 Å². The van der Waals surface area contributed by atoms with Crippen molar-refractivity contribution >= 4 is 15.9 Å². The van der Waals surface area contributed by atoms with Crippen LogP contribution in [0.3, 0.4) is 0 Å². The van der Waals surface area contributed by atoms with Gasteiger partial charge in [0.1, 0.15) is 12.4 Å². The molecule has 0 aliphatic heterocycles. The Balaban J connectivity index is 1.67. The van der Waals surface area contributed by atoms with Gasteiger partial charge in [-0.1, -0.05) is 18.2 Å². The van der Waals surface area contributed by atoms with E-state index in [4.69, 9.17) is 0 Å². The van der Waals surface area contributed by atoms with E-state index in [9.17, 15) is 17.6 Å². The highest BCUT2D eigenvalue weighted by molar-refractivity contribution is 7.89. The third kappa shape index (κ3) is 4.69. The first-order valence-corrected chi connectivity index (χ1v) is 10.4. The summed E-state index contributed by atoms with van der Waals surface area (Å²) in [5.41, 5.74) is 1.50. The zero-order chi connectivity index (χ0) is 21.9. The number of nitrogens with zero attached hydrogens (tertiary/aromatic N) is 5. The summed E-state index contributed by atoms with van der Waals surface area (Å²) in [7, 11) is -0.741. The van der Waals surface area contributed by atoms with Crippen LogP contribution < -0.4 is 5.32 Å². The van der Waals surface area contributed by atoms with Crippen molar-refractivity contribution in [2.24, 2.45) is 0 Å². The molecule has 3 rings (SSSR count). The summed E-state index contributed by atoms with van der Waals surface area (Å²) < 4.78 is 39.4. The molecular formula is C19H21FN6O3S. The quantitative estimate of drug-likeness (QED) is 0.604. The van der Waals surface area contributed by atoms with E-state index in [2.05, 4.69) is 20.7 Å². The molecule has 0 saturated heterocycles. The van der Waals surface area contributed by atoms with Crippen LogP contribution >= 0.6 is 0 Å². The van der Waals surface area contributed by atoms with Crippen molar-refractivity contribution in [3.63, 3.8) is 0 Å². The maximum atomic E-state index is 13.4. The number of carbonyl (C=O) groups is 1. The maximum Gasteiger partial charge on any atom is 0.243 e. The molecule has 0 aliphatic rings. The van der Waals surface area contributed by atoms with E-state index in [1.165, 1.54) is 32.3 Å². The predicted octanol–water partition coefficient (Wildman–Crippen LogP) is 1.35. The van der Waals surface area contributed by atoms with Crippen LogP contribution in [0.25, 0.3) is 11.4 Å². The number of nitrogens with one attached hydrogen (secondary N) is 1. The molecule has 1 N–H and O–H groups in total. The highest BCUT2D eigenvalue weighted by Gasteiger charge is 2.21. The van der Waals surface area contributed by atoms with Gasteiger partial charge in [0.25, 0.3) is 0 Å². The van der Waals surface area contributed by atoms with Crippen LogP contribution in [0.15, 0.2) is 47.4 Å². The molecule has 1 aromatic heterocycles. The second-order valence-corrected chi connectivity index (χ2v) is 8.90. The van der Waals surface area contributed by atoms with Crippen LogP contribution in [-0.2, 0) is 27.9 Å².